The molecule has 0 aliphatic heterocycles. The molecule has 0 saturated heterocycles. The molecule has 2 aliphatic rings. The number of hydrogen-bond acceptors (Lipinski definition) is 4. The molecular formula is C14H22O4. The summed E-state index contributed by atoms with van der Waals surface area (Å²) in [6, 6.07) is 0. The molecule has 102 valence electrons. The molecule has 1 fully saturated rings. The fourth-order valence-electron chi connectivity index (χ4n) is 2.73. The number of esters is 1. The first-order chi connectivity index (χ1) is 8.72. The largest absolute Gasteiger partial charge is 0.459 e. The van der Waals surface area contributed by atoms with E-state index in [1.54, 1.807) is 14.2 Å². The van der Waals surface area contributed by atoms with E-state index in [1.165, 1.54) is 0 Å². The van der Waals surface area contributed by atoms with Crippen molar-refractivity contribution in [1.29, 1.82) is 0 Å². The molecule has 4 nitrogen and oxygen atoms in total. The Morgan fingerprint density at radius 3 is 2.22 bits per heavy atom. The van der Waals surface area contributed by atoms with E-state index in [0.717, 1.165) is 44.1 Å². The maximum atomic E-state index is 11.9. The van der Waals surface area contributed by atoms with Gasteiger partial charge in [-0.15, -0.1) is 0 Å². The number of carbonyl (C=O) groups is 1. The Morgan fingerprint density at radius 2 is 1.72 bits per heavy atom. The molecule has 1 saturated carbocycles. The van der Waals surface area contributed by atoms with Crippen LogP contribution in [-0.2, 0) is 19.0 Å². The molecular weight excluding hydrogens is 232 g/mol. The van der Waals surface area contributed by atoms with Crippen LogP contribution in [0.25, 0.3) is 0 Å². The number of allylic oxidation sites excluding steroid dienone is 1. The Kier molecular flexibility index (Phi) is 4.78. The minimum Gasteiger partial charge on any atom is -0.459 e. The summed E-state index contributed by atoms with van der Waals surface area (Å²) in [5.41, 5.74) is 0.837. The summed E-state index contributed by atoms with van der Waals surface area (Å²) in [5, 5.41) is 0. The standard InChI is InChI=1S/C14H22O4/c1-16-11-7-12(17-2)9-13(8-11)18-14(15)10-5-3-4-6-10/h5,11-13H,3-4,6-9H2,1-2H3/t11-,12-/m1/s1. The zero-order valence-corrected chi connectivity index (χ0v) is 11.2. The van der Waals surface area contributed by atoms with Crippen LogP contribution in [0, 0.1) is 0 Å². The zero-order valence-electron chi connectivity index (χ0n) is 11.2. The SMILES string of the molecule is CO[C@H]1CC(OC(=O)C2=CCCC2)C[C@H](OC)C1. The van der Waals surface area contributed by atoms with E-state index in [-0.39, 0.29) is 24.3 Å². The summed E-state index contributed by atoms with van der Waals surface area (Å²) in [5.74, 6) is -0.149. The first-order valence-electron chi connectivity index (χ1n) is 6.68. The van der Waals surface area contributed by atoms with Crippen LogP contribution in [0.4, 0.5) is 0 Å². The van der Waals surface area contributed by atoms with Gasteiger partial charge in [-0.05, 0) is 19.3 Å². The predicted molar refractivity (Wildman–Crippen MR) is 67.3 cm³/mol. The van der Waals surface area contributed by atoms with Gasteiger partial charge in [-0.25, -0.2) is 4.79 Å². The molecule has 4 heteroatoms. The number of ether oxygens (including phenoxy) is 3. The van der Waals surface area contributed by atoms with Gasteiger partial charge >= 0.3 is 5.97 Å². The van der Waals surface area contributed by atoms with Crippen LogP contribution >= 0.6 is 0 Å². The zero-order chi connectivity index (χ0) is 13.0. The van der Waals surface area contributed by atoms with Gasteiger partial charge in [-0.3, -0.25) is 0 Å². The lowest BCUT2D eigenvalue weighted by molar-refractivity contribution is -0.151. The molecule has 0 radical (unpaired) electrons. The van der Waals surface area contributed by atoms with Crippen molar-refractivity contribution in [1.82, 2.24) is 0 Å². The van der Waals surface area contributed by atoms with Crippen LogP contribution in [0.1, 0.15) is 38.5 Å². The molecule has 0 N–H and O–H groups in total. The Hall–Kier alpha value is -0.870. The second kappa shape index (κ2) is 6.34. The van der Waals surface area contributed by atoms with Gasteiger partial charge in [0.1, 0.15) is 6.10 Å². The average molecular weight is 254 g/mol. The van der Waals surface area contributed by atoms with Crippen molar-refractivity contribution in [2.24, 2.45) is 0 Å². The smallest absolute Gasteiger partial charge is 0.333 e. The third kappa shape index (κ3) is 3.33. The van der Waals surface area contributed by atoms with E-state index < -0.39 is 0 Å². The highest BCUT2D eigenvalue weighted by molar-refractivity contribution is 5.89. The summed E-state index contributed by atoms with van der Waals surface area (Å²) in [6.45, 7) is 0. The summed E-state index contributed by atoms with van der Waals surface area (Å²) >= 11 is 0. The summed E-state index contributed by atoms with van der Waals surface area (Å²) < 4.78 is 16.3. The molecule has 0 aromatic heterocycles. The van der Waals surface area contributed by atoms with Crippen molar-refractivity contribution in [3.8, 4) is 0 Å². The van der Waals surface area contributed by atoms with Crippen molar-refractivity contribution in [2.45, 2.75) is 56.8 Å². The average Bonchev–Trinajstić information content (AvgIpc) is 2.92. The first-order valence-corrected chi connectivity index (χ1v) is 6.68. The highest BCUT2D eigenvalue weighted by Crippen LogP contribution is 2.27. The summed E-state index contributed by atoms with van der Waals surface area (Å²) in [4.78, 5) is 11.9. The van der Waals surface area contributed by atoms with Crippen molar-refractivity contribution in [3.05, 3.63) is 11.6 Å². The van der Waals surface area contributed by atoms with Gasteiger partial charge < -0.3 is 14.2 Å². The van der Waals surface area contributed by atoms with Gasteiger partial charge in [0.05, 0.1) is 12.2 Å². The fraction of sp³-hybridized carbons (Fsp3) is 0.786. The van der Waals surface area contributed by atoms with Crippen LogP contribution < -0.4 is 0 Å². The van der Waals surface area contributed by atoms with Crippen molar-refractivity contribution < 1.29 is 19.0 Å². The molecule has 0 heterocycles. The molecule has 0 aromatic carbocycles. The second-order valence-corrected chi connectivity index (χ2v) is 5.07. The van der Waals surface area contributed by atoms with Crippen molar-refractivity contribution in [2.75, 3.05) is 14.2 Å². The number of methoxy groups -OCH3 is 2. The number of hydrogen-bond donors (Lipinski definition) is 0. The summed E-state index contributed by atoms with van der Waals surface area (Å²) in [7, 11) is 3.39. The minimum absolute atomic E-state index is 0.0809. The Bertz CT molecular complexity index is 312. The lowest BCUT2D eigenvalue weighted by atomic mass is 9.92. The van der Waals surface area contributed by atoms with E-state index in [1.807, 2.05) is 6.08 Å². The molecule has 0 unspecified atom stereocenters. The second-order valence-electron chi connectivity index (χ2n) is 5.07. The Balaban J connectivity index is 1.89. The molecule has 0 aromatic rings. The Morgan fingerprint density at radius 1 is 1.11 bits per heavy atom. The molecule has 0 bridgehead atoms. The molecule has 0 spiro atoms. The quantitative estimate of drug-likeness (QED) is 0.722. The van der Waals surface area contributed by atoms with Crippen molar-refractivity contribution in [3.63, 3.8) is 0 Å². The van der Waals surface area contributed by atoms with E-state index in [9.17, 15) is 4.79 Å². The molecule has 18 heavy (non-hydrogen) atoms. The summed E-state index contributed by atoms with van der Waals surface area (Å²) in [6.07, 6.45) is 7.50. The van der Waals surface area contributed by atoms with Crippen LogP contribution in [0.2, 0.25) is 0 Å². The van der Waals surface area contributed by atoms with E-state index >= 15 is 0 Å². The molecule has 2 aliphatic carbocycles. The molecule has 0 amide bonds. The maximum absolute atomic E-state index is 11.9. The van der Waals surface area contributed by atoms with Gasteiger partial charge in [0.15, 0.2) is 0 Å². The third-order valence-electron chi connectivity index (χ3n) is 3.82. The first kappa shape index (κ1) is 13.6. The number of rotatable bonds is 4. The van der Waals surface area contributed by atoms with Crippen molar-refractivity contribution >= 4 is 5.97 Å². The van der Waals surface area contributed by atoms with Crippen LogP contribution in [0.15, 0.2) is 11.6 Å². The lowest BCUT2D eigenvalue weighted by Crippen LogP contribution is -2.37. The topological polar surface area (TPSA) is 44.8 Å². The highest BCUT2D eigenvalue weighted by atomic mass is 16.6. The van der Waals surface area contributed by atoms with Crippen LogP contribution in [-0.4, -0.2) is 38.5 Å². The molecule has 2 atom stereocenters. The van der Waals surface area contributed by atoms with E-state index in [2.05, 4.69) is 0 Å². The number of carbonyl (C=O) groups excluding carboxylic acids is 1. The third-order valence-corrected chi connectivity index (χ3v) is 3.82. The van der Waals surface area contributed by atoms with Crippen LogP contribution in [0.3, 0.4) is 0 Å². The lowest BCUT2D eigenvalue weighted by Gasteiger charge is -2.33. The van der Waals surface area contributed by atoms with Gasteiger partial charge in [-0.1, -0.05) is 6.08 Å². The highest BCUT2D eigenvalue weighted by Gasteiger charge is 2.32. The maximum Gasteiger partial charge on any atom is 0.333 e. The normalized spacial score (nSPS) is 32.1. The predicted octanol–water partition coefficient (Wildman–Crippen LogP) is 2.22. The molecule has 2 rings (SSSR count). The minimum atomic E-state index is -0.149. The fourth-order valence-corrected chi connectivity index (χ4v) is 2.73. The van der Waals surface area contributed by atoms with E-state index in [0.29, 0.717) is 0 Å². The van der Waals surface area contributed by atoms with Crippen LogP contribution in [0.5, 0.6) is 0 Å². The van der Waals surface area contributed by atoms with Gasteiger partial charge in [0.2, 0.25) is 0 Å². The monoisotopic (exact) mass is 254 g/mol. The van der Waals surface area contributed by atoms with Gasteiger partial charge in [0, 0.05) is 39.1 Å². The van der Waals surface area contributed by atoms with Gasteiger partial charge in [0.25, 0.3) is 0 Å². The van der Waals surface area contributed by atoms with E-state index in [4.69, 9.17) is 14.2 Å². The van der Waals surface area contributed by atoms with Gasteiger partial charge in [-0.2, -0.15) is 0 Å². The Labute approximate surface area is 108 Å².